The van der Waals surface area contributed by atoms with Crippen LogP contribution in [0.2, 0.25) is 0 Å². The summed E-state index contributed by atoms with van der Waals surface area (Å²) >= 11 is 0. The third-order valence-electron chi connectivity index (χ3n) is 4.22. The predicted molar refractivity (Wildman–Crippen MR) is 98.7 cm³/mol. The lowest BCUT2D eigenvalue weighted by atomic mass is 9.98. The second kappa shape index (κ2) is 8.44. The molecule has 0 aliphatic rings. The van der Waals surface area contributed by atoms with Crippen LogP contribution in [-0.4, -0.2) is 11.7 Å². The summed E-state index contributed by atoms with van der Waals surface area (Å²) < 4.78 is 0. The molecular formula is C22H23NO. The van der Waals surface area contributed by atoms with Crippen LogP contribution in [-0.2, 0) is 0 Å². The van der Waals surface area contributed by atoms with Crippen molar-refractivity contribution in [3.63, 3.8) is 0 Å². The third kappa shape index (κ3) is 4.31. The molecule has 2 nitrogen and oxygen atoms in total. The minimum atomic E-state index is -0.439. The molecule has 2 heteroatoms. The first-order valence-electron chi connectivity index (χ1n) is 8.41. The Morgan fingerprint density at radius 1 is 0.625 bits per heavy atom. The van der Waals surface area contributed by atoms with Crippen LogP contribution in [0.4, 0.5) is 0 Å². The molecular weight excluding hydrogens is 294 g/mol. The Balaban J connectivity index is 1.67. The van der Waals surface area contributed by atoms with E-state index in [1.54, 1.807) is 0 Å². The average molecular weight is 317 g/mol. The van der Waals surface area contributed by atoms with Crippen molar-refractivity contribution in [2.75, 3.05) is 6.54 Å². The van der Waals surface area contributed by atoms with Gasteiger partial charge in [-0.15, -0.1) is 0 Å². The molecule has 0 unspecified atom stereocenters. The minimum Gasteiger partial charge on any atom is -0.388 e. The predicted octanol–water partition coefficient (Wildman–Crippen LogP) is 4.49. The Bertz CT molecular complexity index is 673. The summed E-state index contributed by atoms with van der Waals surface area (Å²) in [5, 5.41) is 13.9. The van der Waals surface area contributed by atoms with Gasteiger partial charge in [0, 0.05) is 0 Å². The quantitative estimate of drug-likeness (QED) is 0.673. The molecule has 122 valence electrons. The molecule has 0 saturated heterocycles. The van der Waals surface area contributed by atoms with Gasteiger partial charge in [0.15, 0.2) is 0 Å². The summed E-state index contributed by atoms with van der Waals surface area (Å²) in [4.78, 5) is 0. The van der Waals surface area contributed by atoms with E-state index >= 15 is 0 Å². The third-order valence-corrected chi connectivity index (χ3v) is 4.22. The van der Waals surface area contributed by atoms with Gasteiger partial charge in [-0.05, 0) is 29.7 Å². The van der Waals surface area contributed by atoms with Gasteiger partial charge in [-0.3, -0.25) is 0 Å². The molecule has 0 amide bonds. The van der Waals surface area contributed by atoms with Crippen molar-refractivity contribution in [3.05, 3.63) is 108 Å². The second-order valence-electron chi connectivity index (χ2n) is 5.92. The normalized spacial score (nSPS) is 12.2. The summed E-state index contributed by atoms with van der Waals surface area (Å²) in [6.07, 6.45) is 0.242. The van der Waals surface area contributed by atoms with Crippen molar-refractivity contribution in [2.45, 2.75) is 18.6 Å². The molecule has 1 atom stereocenters. The van der Waals surface area contributed by atoms with Gasteiger partial charge in [0.25, 0.3) is 0 Å². The van der Waals surface area contributed by atoms with Gasteiger partial charge >= 0.3 is 0 Å². The number of benzene rings is 3. The molecule has 0 aliphatic heterocycles. The maximum atomic E-state index is 10.3. The van der Waals surface area contributed by atoms with Gasteiger partial charge in [0.2, 0.25) is 0 Å². The molecule has 0 heterocycles. The number of aliphatic hydroxyl groups is 1. The fourth-order valence-corrected chi connectivity index (χ4v) is 2.93. The molecule has 0 radical (unpaired) electrons. The Hall–Kier alpha value is -2.42. The maximum Gasteiger partial charge on any atom is 0.0802 e. The summed E-state index contributed by atoms with van der Waals surface area (Å²) in [6.45, 7) is 0.741. The summed E-state index contributed by atoms with van der Waals surface area (Å²) in [5.41, 5.74) is 3.44. The summed E-state index contributed by atoms with van der Waals surface area (Å²) in [7, 11) is 0. The highest BCUT2D eigenvalue weighted by molar-refractivity contribution is 5.31. The van der Waals surface area contributed by atoms with Crippen LogP contribution < -0.4 is 5.32 Å². The van der Waals surface area contributed by atoms with E-state index in [-0.39, 0.29) is 6.04 Å². The van der Waals surface area contributed by atoms with E-state index in [0.29, 0.717) is 6.42 Å². The Kier molecular flexibility index (Phi) is 5.78. The van der Waals surface area contributed by atoms with Crippen LogP contribution in [0.15, 0.2) is 91.0 Å². The van der Waals surface area contributed by atoms with Crippen LogP contribution in [0, 0.1) is 0 Å². The fourth-order valence-electron chi connectivity index (χ4n) is 2.93. The van der Waals surface area contributed by atoms with Crippen LogP contribution in [0.5, 0.6) is 0 Å². The first-order valence-corrected chi connectivity index (χ1v) is 8.41. The summed E-state index contributed by atoms with van der Waals surface area (Å²) in [6, 6.07) is 30.8. The van der Waals surface area contributed by atoms with E-state index < -0.39 is 6.10 Å². The van der Waals surface area contributed by atoms with Crippen molar-refractivity contribution in [2.24, 2.45) is 0 Å². The van der Waals surface area contributed by atoms with Crippen molar-refractivity contribution >= 4 is 0 Å². The number of nitrogens with one attached hydrogen (secondary N) is 1. The fraction of sp³-hybridized carbons (Fsp3) is 0.182. The molecule has 0 saturated carbocycles. The molecule has 0 bridgehead atoms. The molecule has 2 N–H and O–H groups in total. The smallest absolute Gasteiger partial charge is 0.0802 e. The van der Waals surface area contributed by atoms with Crippen LogP contribution in [0.25, 0.3) is 0 Å². The van der Waals surface area contributed by atoms with Crippen molar-refractivity contribution < 1.29 is 5.11 Å². The molecule has 0 aromatic heterocycles. The van der Waals surface area contributed by atoms with Crippen molar-refractivity contribution in [1.82, 2.24) is 5.32 Å². The van der Waals surface area contributed by atoms with E-state index in [4.69, 9.17) is 0 Å². The molecule has 0 spiro atoms. The SMILES string of the molecule is O[C@H](CCNC(c1ccccc1)c1ccccc1)c1ccccc1. The van der Waals surface area contributed by atoms with Crippen LogP contribution in [0.3, 0.4) is 0 Å². The molecule has 0 fully saturated rings. The lowest BCUT2D eigenvalue weighted by Gasteiger charge is -2.21. The summed E-state index contributed by atoms with van der Waals surface area (Å²) in [5.74, 6) is 0. The lowest BCUT2D eigenvalue weighted by Crippen LogP contribution is -2.24. The van der Waals surface area contributed by atoms with E-state index in [2.05, 4.69) is 53.8 Å². The van der Waals surface area contributed by atoms with Gasteiger partial charge in [-0.1, -0.05) is 91.0 Å². The van der Waals surface area contributed by atoms with Gasteiger partial charge in [0.05, 0.1) is 12.1 Å². The highest BCUT2D eigenvalue weighted by Crippen LogP contribution is 2.22. The van der Waals surface area contributed by atoms with Crippen molar-refractivity contribution in [1.29, 1.82) is 0 Å². The second-order valence-corrected chi connectivity index (χ2v) is 5.92. The lowest BCUT2D eigenvalue weighted by molar-refractivity contribution is 0.166. The van der Waals surface area contributed by atoms with E-state index in [1.165, 1.54) is 11.1 Å². The largest absolute Gasteiger partial charge is 0.388 e. The Morgan fingerprint density at radius 2 is 1.04 bits per heavy atom. The Labute approximate surface area is 143 Å². The zero-order valence-corrected chi connectivity index (χ0v) is 13.7. The maximum absolute atomic E-state index is 10.3. The standard InChI is InChI=1S/C22H23NO/c24-21(18-10-4-1-5-11-18)16-17-23-22(19-12-6-2-7-13-19)20-14-8-3-9-15-20/h1-15,21-24H,16-17H2/t21-/m1/s1. The monoisotopic (exact) mass is 317 g/mol. The molecule has 3 aromatic carbocycles. The molecule has 3 rings (SSSR count). The average Bonchev–Trinajstić information content (AvgIpc) is 2.67. The van der Waals surface area contributed by atoms with E-state index in [9.17, 15) is 5.11 Å². The highest BCUT2D eigenvalue weighted by Gasteiger charge is 2.14. The zero-order valence-electron chi connectivity index (χ0n) is 13.7. The zero-order chi connectivity index (χ0) is 16.6. The van der Waals surface area contributed by atoms with Gasteiger partial charge in [0.1, 0.15) is 0 Å². The van der Waals surface area contributed by atoms with Gasteiger partial charge < -0.3 is 10.4 Å². The first-order chi connectivity index (χ1) is 11.8. The highest BCUT2D eigenvalue weighted by atomic mass is 16.3. The number of hydrogen-bond acceptors (Lipinski definition) is 2. The van der Waals surface area contributed by atoms with E-state index in [0.717, 1.165) is 12.1 Å². The minimum absolute atomic E-state index is 0.135. The number of rotatable bonds is 7. The molecule has 3 aromatic rings. The molecule has 0 aliphatic carbocycles. The van der Waals surface area contributed by atoms with E-state index in [1.807, 2.05) is 42.5 Å². The van der Waals surface area contributed by atoms with Gasteiger partial charge in [-0.2, -0.15) is 0 Å². The van der Waals surface area contributed by atoms with Crippen LogP contribution in [0.1, 0.15) is 35.3 Å². The van der Waals surface area contributed by atoms with Gasteiger partial charge in [-0.25, -0.2) is 0 Å². The first kappa shape index (κ1) is 16.4. The number of hydrogen-bond donors (Lipinski definition) is 2. The van der Waals surface area contributed by atoms with Crippen molar-refractivity contribution in [3.8, 4) is 0 Å². The number of aliphatic hydroxyl groups excluding tert-OH is 1. The Morgan fingerprint density at radius 3 is 1.50 bits per heavy atom. The molecule has 24 heavy (non-hydrogen) atoms. The topological polar surface area (TPSA) is 32.3 Å². The van der Waals surface area contributed by atoms with Crippen LogP contribution >= 0.6 is 0 Å².